The highest BCUT2D eigenvalue weighted by Crippen LogP contribution is 2.27. The molecule has 4 nitrogen and oxygen atoms in total. The van der Waals surface area contributed by atoms with Crippen molar-refractivity contribution in [3.63, 3.8) is 0 Å². The van der Waals surface area contributed by atoms with E-state index in [1.807, 2.05) is 0 Å². The maximum absolute atomic E-state index is 12.3. The summed E-state index contributed by atoms with van der Waals surface area (Å²) < 4.78 is 27.5. The van der Waals surface area contributed by atoms with Crippen LogP contribution in [0.15, 0.2) is 29.2 Å². The van der Waals surface area contributed by atoms with Crippen molar-refractivity contribution in [3.8, 4) is 6.07 Å². The minimum absolute atomic E-state index is 0.0524. The molecule has 5 heteroatoms. The quantitative estimate of drug-likeness (QED) is 0.909. The second kappa shape index (κ2) is 7.06. The van der Waals surface area contributed by atoms with E-state index >= 15 is 0 Å². The van der Waals surface area contributed by atoms with Gasteiger partial charge >= 0.3 is 0 Å². The van der Waals surface area contributed by atoms with Crippen LogP contribution in [0.25, 0.3) is 0 Å². The van der Waals surface area contributed by atoms with Crippen molar-refractivity contribution in [2.24, 2.45) is 5.92 Å². The Kier molecular flexibility index (Phi) is 5.38. The molecule has 0 unspecified atom stereocenters. The van der Waals surface area contributed by atoms with Crippen LogP contribution in [-0.2, 0) is 16.4 Å². The average Bonchev–Trinajstić information content (AvgIpc) is 2.48. The van der Waals surface area contributed by atoms with Gasteiger partial charge in [-0.1, -0.05) is 25.5 Å². The number of sulfonamides is 1. The second-order valence-electron chi connectivity index (χ2n) is 5.73. The highest BCUT2D eigenvalue weighted by molar-refractivity contribution is 7.89. The zero-order valence-corrected chi connectivity index (χ0v) is 13.2. The van der Waals surface area contributed by atoms with E-state index in [1.54, 1.807) is 24.3 Å². The van der Waals surface area contributed by atoms with Gasteiger partial charge in [0.2, 0.25) is 10.0 Å². The monoisotopic (exact) mass is 306 g/mol. The maximum atomic E-state index is 12.3. The topological polar surface area (TPSA) is 70.0 Å². The van der Waals surface area contributed by atoms with Crippen LogP contribution in [0.3, 0.4) is 0 Å². The molecule has 2 rings (SSSR count). The zero-order valence-electron chi connectivity index (χ0n) is 12.4. The predicted molar refractivity (Wildman–Crippen MR) is 82.1 cm³/mol. The Labute approximate surface area is 127 Å². The van der Waals surface area contributed by atoms with E-state index in [0.717, 1.165) is 37.2 Å². The molecule has 1 aliphatic rings. The number of benzene rings is 1. The minimum Gasteiger partial charge on any atom is -0.208 e. The SMILES string of the molecule is CCC1CCC(NS(=O)(=O)c2ccc(CC#N)cc2)CC1. The van der Waals surface area contributed by atoms with E-state index in [1.165, 1.54) is 6.42 Å². The highest BCUT2D eigenvalue weighted by Gasteiger charge is 2.24. The van der Waals surface area contributed by atoms with Crippen LogP contribution in [-0.4, -0.2) is 14.5 Å². The first-order chi connectivity index (χ1) is 10.0. The summed E-state index contributed by atoms with van der Waals surface area (Å²) in [5.41, 5.74) is 0.833. The van der Waals surface area contributed by atoms with Crippen LogP contribution in [0.4, 0.5) is 0 Å². The summed E-state index contributed by atoms with van der Waals surface area (Å²) in [4.78, 5) is 0.279. The molecule has 21 heavy (non-hydrogen) atoms. The van der Waals surface area contributed by atoms with Crippen LogP contribution in [0.1, 0.15) is 44.6 Å². The summed E-state index contributed by atoms with van der Waals surface area (Å²) in [5.74, 6) is 0.746. The van der Waals surface area contributed by atoms with Gasteiger partial charge in [0.15, 0.2) is 0 Å². The molecule has 0 saturated heterocycles. The molecule has 0 bridgehead atoms. The number of nitrogens with zero attached hydrogens (tertiary/aromatic N) is 1. The fraction of sp³-hybridized carbons (Fsp3) is 0.562. The summed E-state index contributed by atoms with van der Waals surface area (Å²) in [5, 5.41) is 8.63. The molecule has 1 aliphatic carbocycles. The van der Waals surface area contributed by atoms with E-state index in [4.69, 9.17) is 5.26 Å². The Bertz CT molecular complexity index is 594. The van der Waals surface area contributed by atoms with E-state index in [9.17, 15) is 8.42 Å². The summed E-state index contributed by atoms with van der Waals surface area (Å²) >= 11 is 0. The van der Waals surface area contributed by atoms with Crippen LogP contribution >= 0.6 is 0 Å². The molecule has 0 heterocycles. The zero-order chi connectivity index (χ0) is 15.3. The molecule has 114 valence electrons. The van der Waals surface area contributed by atoms with Crippen molar-refractivity contribution in [3.05, 3.63) is 29.8 Å². The molecule has 0 spiro atoms. The fourth-order valence-electron chi connectivity index (χ4n) is 2.85. The molecule has 1 saturated carbocycles. The Morgan fingerprint density at radius 1 is 1.19 bits per heavy atom. The minimum atomic E-state index is -3.45. The van der Waals surface area contributed by atoms with E-state index in [0.29, 0.717) is 6.42 Å². The van der Waals surface area contributed by atoms with Gasteiger partial charge in [0.1, 0.15) is 0 Å². The van der Waals surface area contributed by atoms with Gasteiger partial charge in [-0.05, 0) is 49.3 Å². The molecule has 0 aliphatic heterocycles. The lowest BCUT2D eigenvalue weighted by Crippen LogP contribution is -2.37. The first kappa shape index (κ1) is 16.0. The maximum Gasteiger partial charge on any atom is 0.240 e. The van der Waals surface area contributed by atoms with Gasteiger partial charge in [0.25, 0.3) is 0 Å². The van der Waals surface area contributed by atoms with Crippen LogP contribution in [0, 0.1) is 17.2 Å². The molecule has 0 atom stereocenters. The molecule has 0 radical (unpaired) electrons. The number of nitrogens with one attached hydrogen (secondary N) is 1. The van der Waals surface area contributed by atoms with Gasteiger partial charge in [-0.25, -0.2) is 13.1 Å². The lowest BCUT2D eigenvalue weighted by molar-refractivity contribution is 0.306. The van der Waals surface area contributed by atoms with E-state index < -0.39 is 10.0 Å². The lowest BCUT2D eigenvalue weighted by atomic mass is 9.85. The third-order valence-corrected chi connectivity index (χ3v) is 5.80. The number of nitriles is 1. The van der Waals surface area contributed by atoms with Gasteiger partial charge in [-0.2, -0.15) is 5.26 Å². The van der Waals surface area contributed by atoms with Gasteiger partial charge in [-0.15, -0.1) is 0 Å². The Morgan fingerprint density at radius 2 is 1.81 bits per heavy atom. The van der Waals surface area contributed by atoms with Crippen molar-refractivity contribution in [1.29, 1.82) is 5.26 Å². The summed E-state index contributed by atoms with van der Waals surface area (Å²) in [6.45, 7) is 2.19. The number of hydrogen-bond donors (Lipinski definition) is 1. The van der Waals surface area contributed by atoms with Crippen molar-refractivity contribution in [2.75, 3.05) is 0 Å². The van der Waals surface area contributed by atoms with Gasteiger partial charge < -0.3 is 0 Å². The summed E-state index contributed by atoms with van der Waals surface area (Å²) in [7, 11) is -3.45. The summed E-state index contributed by atoms with van der Waals surface area (Å²) in [6.07, 6.45) is 5.53. The molecule has 1 N–H and O–H groups in total. The molecule has 1 aromatic carbocycles. The Hall–Kier alpha value is -1.38. The molecular weight excluding hydrogens is 284 g/mol. The predicted octanol–water partition coefficient (Wildman–Crippen LogP) is 3.00. The second-order valence-corrected chi connectivity index (χ2v) is 7.44. The van der Waals surface area contributed by atoms with Gasteiger partial charge in [0.05, 0.1) is 17.4 Å². The van der Waals surface area contributed by atoms with Crippen molar-refractivity contribution in [2.45, 2.75) is 56.4 Å². The lowest BCUT2D eigenvalue weighted by Gasteiger charge is -2.28. The van der Waals surface area contributed by atoms with Crippen LogP contribution in [0.5, 0.6) is 0 Å². The largest absolute Gasteiger partial charge is 0.240 e. The van der Waals surface area contributed by atoms with Gasteiger partial charge in [0, 0.05) is 6.04 Å². The molecule has 1 fully saturated rings. The standard InChI is InChI=1S/C16H22N2O2S/c1-2-13-3-7-15(8-4-13)18-21(19,20)16-9-5-14(6-10-16)11-12-17/h5-6,9-10,13,15,18H,2-4,7-8,11H2,1H3. The third-order valence-electron chi connectivity index (χ3n) is 4.26. The van der Waals surface area contributed by atoms with Crippen LogP contribution < -0.4 is 4.72 Å². The first-order valence-corrected chi connectivity index (χ1v) is 9.01. The normalized spacial score (nSPS) is 22.7. The van der Waals surface area contributed by atoms with Crippen LogP contribution in [0.2, 0.25) is 0 Å². The van der Waals surface area contributed by atoms with Gasteiger partial charge in [-0.3, -0.25) is 0 Å². The Morgan fingerprint density at radius 3 is 2.33 bits per heavy atom. The fourth-order valence-corrected chi connectivity index (χ4v) is 4.16. The number of rotatable bonds is 5. The molecule has 0 amide bonds. The highest BCUT2D eigenvalue weighted by atomic mass is 32.2. The average molecular weight is 306 g/mol. The van der Waals surface area contributed by atoms with Crippen molar-refractivity contribution >= 4 is 10.0 Å². The Balaban J connectivity index is 2.00. The molecular formula is C16H22N2O2S. The summed E-state index contributed by atoms with van der Waals surface area (Å²) in [6, 6.07) is 8.66. The van der Waals surface area contributed by atoms with E-state index in [2.05, 4.69) is 17.7 Å². The smallest absolute Gasteiger partial charge is 0.208 e. The number of hydrogen-bond acceptors (Lipinski definition) is 3. The molecule has 1 aromatic rings. The first-order valence-electron chi connectivity index (χ1n) is 7.53. The van der Waals surface area contributed by atoms with Crippen molar-refractivity contribution < 1.29 is 8.42 Å². The molecule has 0 aromatic heterocycles. The van der Waals surface area contributed by atoms with Crippen molar-refractivity contribution in [1.82, 2.24) is 4.72 Å². The third kappa shape index (κ3) is 4.29. The van der Waals surface area contributed by atoms with E-state index in [-0.39, 0.29) is 10.9 Å².